The Hall–Kier alpha value is -1.89. The SMILES string of the molecule is COP(=O)(O)N(C=NC(N)=NN)CCc1ccccc1. The number of aliphatic imine (C=N–C) groups is 1. The molecule has 0 amide bonds. The largest absolute Gasteiger partial charge is 0.433 e. The van der Waals surface area contributed by atoms with Crippen LogP contribution in [0.5, 0.6) is 0 Å². The molecule has 0 radical (unpaired) electrons. The summed E-state index contributed by atoms with van der Waals surface area (Å²) in [4.78, 5) is 13.4. The highest BCUT2D eigenvalue weighted by atomic mass is 31.2. The number of hydrazone groups is 1. The molecule has 1 aromatic rings. The van der Waals surface area contributed by atoms with Crippen LogP contribution in [-0.4, -0.2) is 35.5 Å². The summed E-state index contributed by atoms with van der Waals surface area (Å²) in [6.07, 6.45) is 1.64. The third-order valence-corrected chi connectivity index (χ3v) is 3.92. The highest BCUT2D eigenvalue weighted by molar-refractivity contribution is 7.50. The van der Waals surface area contributed by atoms with Gasteiger partial charge in [0.25, 0.3) is 0 Å². The lowest BCUT2D eigenvalue weighted by atomic mass is 10.1. The van der Waals surface area contributed by atoms with Gasteiger partial charge in [-0.3, -0.25) is 9.19 Å². The van der Waals surface area contributed by atoms with Crippen LogP contribution in [0, 0.1) is 0 Å². The Balaban J connectivity index is 2.78. The number of benzene rings is 1. The zero-order chi connectivity index (χ0) is 15.0. The monoisotopic (exact) mass is 299 g/mol. The Bertz CT molecular complexity index is 520. The van der Waals surface area contributed by atoms with Crippen LogP contribution >= 0.6 is 7.75 Å². The molecule has 0 fully saturated rings. The van der Waals surface area contributed by atoms with Gasteiger partial charge in [-0.15, -0.1) is 5.10 Å². The fourth-order valence-corrected chi connectivity index (χ4v) is 2.15. The van der Waals surface area contributed by atoms with Crippen molar-refractivity contribution in [2.24, 2.45) is 21.7 Å². The summed E-state index contributed by atoms with van der Waals surface area (Å²) in [5.41, 5.74) is 6.32. The molecular formula is C11H18N5O3P. The molecule has 0 aliphatic heterocycles. The number of hydrogen-bond acceptors (Lipinski definition) is 4. The van der Waals surface area contributed by atoms with Gasteiger partial charge in [0.2, 0.25) is 5.96 Å². The average molecular weight is 299 g/mol. The predicted octanol–water partition coefficient (Wildman–Crippen LogP) is 0.495. The highest BCUT2D eigenvalue weighted by Crippen LogP contribution is 2.44. The number of hydrogen-bond donors (Lipinski definition) is 3. The van der Waals surface area contributed by atoms with Gasteiger partial charge in [0.15, 0.2) is 0 Å². The molecule has 0 spiro atoms. The maximum Gasteiger partial charge on any atom is 0.433 e. The third-order valence-electron chi connectivity index (χ3n) is 2.49. The molecule has 110 valence electrons. The van der Waals surface area contributed by atoms with Crippen LogP contribution in [0.1, 0.15) is 5.56 Å². The van der Waals surface area contributed by atoms with E-state index in [1.807, 2.05) is 30.3 Å². The Morgan fingerprint density at radius 3 is 2.70 bits per heavy atom. The Labute approximate surface area is 117 Å². The van der Waals surface area contributed by atoms with E-state index in [0.29, 0.717) is 6.42 Å². The Morgan fingerprint density at radius 1 is 1.50 bits per heavy atom. The van der Waals surface area contributed by atoms with Crippen molar-refractivity contribution in [1.29, 1.82) is 0 Å². The van der Waals surface area contributed by atoms with Gasteiger partial charge in [0, 0.05) is 13.7 Å². The fourth-order valence-electron chi connectivity index (χ4n) is 1.40. The second-order valence-electron chi connectivity index (χ2n) is 3.80. The number of rotatable bonds is 6. The average Bonchev–Trinajstić information content (AvgIpc) is 2.47. The van der Waals surface area contributed by atoms with E-state index in [4.69, 9.17) is 11.6 Å². The Morgan fingerprint density at radius 2 is 2.15 bits per heavy atom. The van der Waals surface area contributed by atoms with Crippen LogP contribution in [0.4, 0.5) is 0 Å². The molecule has 0 bridgehead atoms. The van der Waals surface area contributed by atoms with Gasteiger partial charge in [-0.05, 0) is 12.0 Å². The van der Waals surface area contributed by atoms with Crippen molar-refractivity contribution >= 4 is 20.0 Å². The zero-order valence-corrected chi connectivity index (χ0v) is 12.0. The van der Waals surface area contributed by atoms with Crippen LogP contribution in [-0.2, 0) is 15.5 Å². The first-order chi connectivity index (χ1) is 9.49. The summed E-state index contributed by atoms with van der Waals surface area (Å²) in [5, 5.41) is 3.14. The maximum absolute atomic E-state index is 11.9. The molecular weight excluding hydrogens is 281 g/mol. The molecule has 5 N–H and O–H groups in total. The normalized spacial score (nSPS) is 15.2. The summed E-state index contributed by atoms with van der Waals surface area (Å²) in [7, 11) is -2.81. The van der Waals surface area contributed by atoms with E-state index in [2.05, 4.69) is 14.6 Å². The molecule has 9 heteroatoms. The minimum Gasteiger partial charge on any atom is -0.367 e. The van der Waals surface area contributed by atoms with E-state index >= 15 is 0 Å². The van der Waals surface area contributed by atoms with Crippen LogP contribution in [0.3, 0.4) is 0 Å². The molecule has 0 aromatic heterocycles. The maximum atomic E-state index is 11.9. The van der Waals surface area contributed by atoms with Gasteiger partial charge >= 0.3 is 7.75 Å². The second kappa shape index (κ2) is 7.64. The summed E-state index contributed by atoms with van der Waals surface area (Å²) in [5.74, 6) is 4.73. The van der Waals surface area contributed by atoms with Crippen molar-refractivity contribution in [3.63, 3.8) is 0 Å². The summed E-state index contributed by atoms with van der Waals surface area (Å²) >= 11 is 0. The van der Waals surface area contributed by atoms with Crippen LogP contribution in [0.2, 0.25) is 0 Å². The van der Waals surface area contributed by atoms with Crippen molar-refractivity contribution in [3.05, 3.63) is 35.9 Å². The molecule has 8 nitrogen and oxygen atoms in total. The van der Waals surface area contributed by atoms with E-state index < -0.39 is 7.75 Å². The third kappa shape index (κ3) is 5.00. The molecule has 20 heavy (non-hydrogen) atoms. The van der Waals surface area contributed by atoms with Crippen molar-refractivity contribution in [1.82, 2.24) is 4.67 Å². The van der Waals surface area contributed by atoms with Crippen molar-refractivity contribution in [2.45, 2.75) is 6.42 Å². The van der Waals surface area contributed by atoms with Crippen LogP contribution in [0.15, 0.2) is 40.4 Å². The van der Waals surface area contributed by atoms with Gasteiger partial charge in [0.1, 0.15) is 6.34 Å². The first-order valence-electron chi connectivity index (χ1n) is 5.76. The van der Waals surface area contributed by atoms with Crippen molar-refractivity contribution in [3.8, 4) is 0 Å². The highest BCUT2D eigenvalue weighted by Gasteiger charge is 2.25. The molecule has 1 aromatic carbocycles. The molecule has 0 aliphatic carbocycles. The van der Waals surface area contributed by atoms with Crippen molar-refractivity contribution in [2.75, 3.05) is 13.7 Å². The van der Waals surface area contributed by atoms with E-state index in [1.54, 1.807) is 0 Å². The van der Waals surface area contributed by atoms with Gasteiger partial charge in [-0.1, -0.05) is 30.3 Å². The lowest BCUT2D eigenvalue weighted by molar-refractivity contribution is 0.273. The molecule has 0 saturated carbocycles. The molecule has 0 heterocycles. The fraction of sp³-hybridized carbons (Fsp3) is 0.273. The molecule has 1 atom stereocenters. The van der Waals surface area contributed by atoms with Crippen molar-refractivity contribution < 1.29 is 14.0 Å². The van der Waals surface area contributed by atoms with Gasteiger partial charge in [0.05, 0.1) is 0 Å². The molecule has 1 rings (SSSR count). The van der Waals surface area contributed by atoms with Crippen LogP contribution in [0.25, 0.3) is 0 Å². The Kier molecular flexibility index (Phi) is 6.17. The van der Waals surface area contributed by atoms with E-state index in [1.165, 1.54) is 0 Å². The second-order valence-corrected chi connectivity index (χ2v) is 5.66. The predicted molar refractivity (Wildman–Crippen MR) is 78.0 cm³/mol. The van der Waals surface area contributed by atoms with E-state index in [9.17, 15) is 9.46 Å². The first kappa shape index (κ1) is 16.2. The van der Waals surface area contributed by atoms with Gasteiger partial charge < -0.3 is 16.5 Å². The zero-order valence-electron chi connectivity index (χ0n) is 11.1. The van der Waals surface area contributed by atoms with Gasteiger partial charge in [-0.2, -0.15) is 0 Å². The van der Waals surface area contributed by atoms with Gasteiger partial charge in [-0.25, -0.2) is 9.56 Å². The smallest absolute Gasteiger partial charge is 0.367 e. The summed E-state index contributed by atoms with van der Waals surface area (Å²) in [6.45, 7) is 0.229. The lowest BCUT2D eigenvalue weighted by Crippen LogP contribution is -2.24. The lowest BCUT2D eigenvalue weighted by Gasteiger charge is -2.22. The topological polar surface area (TPSA) is 127 Å². The summed E-state index contributed by atoms with van der Waals surface area (Å²) < 4.78 is 17.5. The number of nitrogens with two attached hydrogens (primary N) is 2. The standard InChI is InChI=1S/C11H18N5O3P/c1-19-20(17,18)16(9-14-11(12)15-13)8-7-10-5-3-2-4-6-10/h2-6,9H,7-8,13H2,1H3,(H2,12,15)(H,17,18). The minimum atomic E-state index is -3.95. The number of nitrogens with zero attached hydrogens (tertiary/aromatic N) is 3. The number of guanidine groups is 1. The molecule has 1 unspecified atom stereocenters. The molecule has 0 saturated heterocycles. The van der Waals surface area contributed by atoms with Crippen LogP contribution < -0.4 is 11.6 Å². The summed E-state index contributed by atoms with van der Waals surface area (Å²) in [6, 6.07) is 9.51. The van der Waals surface area contributed by atoms with E-state index in [-0.39, 0.29) is 12.5 Å². The quantitative estimate of drug-likeness (QED) is 0.231. The van der Waals surface area contributed by atoms with E-state index in [0.717, 1.165) is 23.7 Å². The molecule has 0 aliphatic rings. The first-order valence-corrected chi connectivity index (χ1v) is 7.29. The minimum absolute atomic E-state index is 0.203.